The molecule has 17 heavy (non-hydrogen) atoms. The third-order valence-corrected chi connectivity index (χ3v) is 3.12. The molecule has 0 spiro atoms. The summed E-state index contributed by atoms with van der Waals surface area (Å²) in [6.45, 7) is 4.90. The third-order valence-electron chi connectivity index (χ3n) is 3.12. The fourth-order valence-electron chi connectivity index (χ4n) is 1.90. The molecule has 2 heterocycles. The molecule has 1 aliphatic heterocycles. The molecule has 94 valence electrons. The van der Waals surface area contributed by atoms with Crippen LogP contribution in [-0.4, -0.2) is 42.8 Å². The van der Waals surface area contributed by atoms with E-state index in [0.717, 1.165) is 24.3 Å². The molecule has 1 atom stereocenters. The normalized spacial score (nSPS) is 20.2. The van der Waals surface area contributed by atoms with Gasteiger partial charge in [0, 0.05) is 38.6 Å². The fourth-order valence-corrected chi connectivity index (χ4v) is 1.90. The maximum atomic E-state index is 11.9. The van der Waals surface area contributed by atoms with Crippen LogP contribution in [0.25, 0.3) is 0 Å². The Morgan fingerprint density at radius 2 is 2.53 bits per heavy atom. The van der Waals surface area contributed by atoms with Crippen molar-refractivity contribution >= 4 is 5.91 Å². The minimum absolute atomic E-state index is 0.0303. The average Bonchev–Trinajstić information content (AvgIpc) is 2.69. The topological polar surface area (TPSA) is 55.3 Å². The molecule has 0 bridgehead atoms. The maximum Gasteiger partial charge on any atom is 0.253 e. The van der Waals surface area contributed by atoms with Gasteiger partial charge in [-0.05, 0) is 13.0 Å². The maximum absolute atomic E-state index is 11.9. The number of rotatable bonds is 3. The van der Waals surface area contributed by atoms with E-state index in [4.69, 9.17) is 4.74 Å². The van der Waals surface area contributed by atoms with Gasteiger partial charge >= 0.3 is 0 Å². The van der Waals surface area contributed by atoms with Crippen LogP contribution in [0.1, 0.15) is 16.1 Å². The van der Waals surface area contributed by atoms with Crippen molar-refractivity contribution in [1.29, 1.82) is 0 Å². The molecule has 1 amide bonds. The SMILES string of the molecule is Cc1c(C(=O)NCC2CNCCO2)ccn1C. The third kappa shape index (κ3) is 2.87. The molecule has 1 aliphatic rings. The van der Waals surface area contributed by atoms with Crippen LogP contribution in [0.5, 0.6) is 0 Å². The number of amides is 1. The van der Waals surface area contributed by atoms with Crippen molar-refractivity contribution in [2.75, 3.05) is 26.2 Å². The van der Waals surface area contributed by atoms with E-state index in [1.165, 1.54) is 0 Å². The molecule has 5 heteroatoms. The predicted octanol–water partition coefficient (Wildman–Crippen LogP) is 0.0517. The van der Waals surface area contributed by atoms with Gasteiger partial charge in [0.15, 0.2) is 0 Å². The number of aryl methyl sites for hydroxylation is 1. The molecule has 1 aromatic rings. The Morgan fingerprint density at radius 3 is 3.12 bits per heavy atom. The molecule has 1 fully saturated rings. The number of nitrogens with one attached hydrogen (secondary N) is 2. The summed E-state index contributed by atoms with van der Waals surface area (Å²) < 4.78 is 7.46. The van der Waals surface area contributed by atoms with Crippen LogP contribution in [0, 0.1) is 6.92 Å². The Labute approximate surface area is 101 Å². The zero-order chi connectivity index (χ0) is 12.3. The van der Waals surface area contributed by atoms with Crippen molar-refractivity contribution in [3.8, 4) is 0 Å². The summed E-state index contributed by atoms with van der Waals surface area (Å²) in [6.07, 6.45) is 1.97. The number of nitrogens with zero attached hydrogens (tertiary/aromatic N) is 1. The van der Waals surface area contributed by atoms with E-state index in [1.807, 2.05) is 30.8 Å². The van der Waals surface area contributed by atoms with E-state index >= 15 is 0 Å². The van der Waals surface area contributed by atoms with Gasteiger partial charge in [-0.2, -0.15) is 0 Å². The van der Waals surface area contributed by atoms with Crippen molar-refractivity contribution < 1.29 is 9.53 Å². The molecule has 1 saturated heterocycles. The predicted molar refractivity (Wildman–Crippen MR) is 65.1 cm³/mol. The Bertz CT molecular complexity index is 394. The largest absolute Gasteiger partial charge is 0.374 e. The molecule has 0 aliphatic carbocycles. The van der Waals surface area contributed by atoms with E-state index in [2.05, 4.69) is 10.6 Å². The average molecular weight is 237 g/mol. The summed E-state index contributed by atoms with van der Waals surface area (Å²) in [6, 6.07) is 1.84. The fraction of sp³-hybridized carbons (Fsp3) is 0.583. The number of aromatic nitrogens is 1. The summed E-state index contributed by atoms with van der Waals surface area (Å²) in [5.41, 5.74) is 1.71. The molecule has 5 nitrogen and oxygen atoms in total. The van der Waals surface area contributed by atoms with Gasteiger partial charge in [0.1, 0.15) is 0 Å². The second-order valence-electron chi connectivity index (χ2n) is 4.33. The van der Waals surface area contributed by atoms with Crippen LogP contribution >= 0.6 is 0 Å². The molecular formula is C12H19N3O2. The van der Waals surface area contributed by atoms with Gasteiger partial charge in [-0.3, -0.25) is 4.79 Å². The molecule has 2 rings (SSSR count). The molecule has 1 aromatic heterocycles. The van der Waals surface area contributed by atoms with Gasteiger partial charge < -0.3 is 19.9 Å². The van der Waals surface area contributed by atoms with Crippen molar-refractivity contribution in [3.63, 3.8) is 0 Å². The van der Waals surface area contributed by atoms with Crippen molar-refractivity contribution in [1.82, 2.24) is 15.2 Å². The van der Waals surface area contributed by atoms with Crippen LogP contribution in [0.2, 0.25) is 0 Å². The van der Waals surface area contributed by atoms with Gasteiger partial charge in [0.25, 0.3) is 5.91 Å². The summed E-state index contributed by atoms with van der Waals surface area (Å²) in [5, 5.41) is 6.14. The zero-order valence-electron chi connectivity index (χ0n) is 10.3. The van der Waals surface area contributed by atoms with Crippen molar-refractivity contribution in [2.24, 2.45) is 7.05 Å². The van der Waals surface area contributed by atoms with Crippen molar-refractivity contribution in [3.05, 3.63) is 23.5 Å². The molecular weight excluding hydrogens is 218 g/mol. The number of morpholine rings is 1. The summed E-state index contributed by atoms with van der Waals surface area (Å²) in [7, 11) is 1.93. The first-order valence-corrected chi connectivity index (χ1v) is 5.91. The van der Waals surface area contributed by atoms with Crippen LogP contribution in [0.3, 0.4) is 0 Å². The van der Waals surface area contributed by atoms with Gasteiger partial charge in [0.05, 0.1) is 18.3 Å². The zero-order valence-corrected chi connectivity index (χ0v) is 10.3. The van der Waals surface area contributed by atoms with Crippen molar-refractivity contribution in [2.45, 2.75) is 13.0 Å². The highest BCUT2D eigenvalue weighted by Gasteiger charge is 2.16. The first-order valence-electron chi connectivity index (χ1n) is 5.91. The lowest BCUT2D eigenvalue weighted by molar-refractivity contribution is 0.0287. The van der Waals surface area contributed by atoms with Crippen LogP contribution in [0.4, 0.5) is 0 Å². The summed E-state index contributed by atoms with van der Waals surface area (Å²) in [4.78, 5) is 11.9. The Balaban J connectivity index is 1.86. The Kier molecular flexibility index (Phi) is 3.81. The minimum Gasteiger partial charge on any atom is -0.374 e. The second kappa shape index (κ2) is 5.33. The molecule has 0 aromatic carbocycles. The number of hydrogen-bond acceptors (Lipinski definition) is 3. The lowest BCUT2D eigenvalue weighted by atomic mass is 10.2. The van der Waals surface area contributed by atoms with E-state index in [9.17, 15) is 4.79 Å². The highest BCUT2D eigenvalue weighted by Crippen LogP contribution is 2.08. The Hall–Kier alpha value is -1.33. The van der Waals surface area contributed by atoms with Crippen LogP contribution in [-0.2, 0) is 11.8 Å². The number of carbonyl (C=O) groups is 1. The van der Waals surface area contributed by atoms with E-state index in [0.29, 0.717) is 13.2 Å². The standard InChI is InChI=1S/C12H19N3O2/c1-9-11(3-5-15(9)2)12(16)14-8-10-7-13-4-6-17-10/h3,5,10,13H,4,6-8H2,1-2H3,(H,14,16). The van der Waals surface area contributed by atoms with Gasteiger partial charge in [-0.25, -0.2) is 0 Å². The Morgan fingerprint density at radius 1 is 1.71 bits per heavy atom. The number of ether oxygens (including phenoxy) is 1. The highest BCUT2D eigenvalue weighted by atomic mass is 16.5. The summed E-state index contributed by atoms with van der Waals surface area (Å²) >= 11 is 0. The smallest absolute Gasteiger partial charge is 0.253 e. The number of carbonyl (C=O) groups excluding carboxylic acids is 1. The molecule has 1 unspecified atom stereocenters. The van der Waals surface area contributed by atoms with Gasteiger partial charge in [0.2, 0.25) is 0 Å². The quantitative estimate of drug-likeness (QED) is 0.781. The molecule has 0 saturated carbocycles. The van der Waals surface area contributed by atoms with E-state index < -0.39 is 0 Å². The van der Waals surface area contributed by atoms with Crippen LogP contribution < -0.4 is 10.6 Å². The first-order chi connectivity index (χ1) is 8.18. The second-order valence-corrected chi connectivity index (χ2v) is 4.33. The first kappa shape index (κ1) is 12.1. The minimum atomic E-state index is -0.0303. The van der Waals surface area contributed by atoms with E-state index in [1.54, 1.807) is 0 Å². The molecule has 0 radical (unpaired) electrons. The van der Waals surface area contributed by atoms with E-state index in [-0.39, 0.29) is 12.0 Å². The molecule has 2 N–H and O–H groups in total. The lowest BCUT2D eigenvalue weighted by Gasteiger charge is -2.23. The monoisotopic (exact) mass is 237 g/mol. The lowest BCUT2D eigenvalue weighted by Crippen LogP contribution is -2.45. The number of hydrogen-bond donors (Lipinski definition) is 2. The van der Waals surface area contributed by atoms with Gasteiger partial charge in [-0.15, -0.1) is 0 Å². The summed E-state index contributed by atoms with van der Waals surface area (Å²) in [5.74, 6) is -0.0303. The van der Waals surface area contributed by atoms with Gasteiger partial charge in [-0.1, -0.05) is 0 Å². The van der Waals surface area contributed by atoms with Crippen LogP contribution in [0.15, 0.2) is 12.3 Å². The highest BCUT2D eigenvalue weighted by molar-refractivity contribution is 5.95.